The van der Waals surface area contributed by atoms with Crippen molar-refractivity contribution in [1.29, 1.82) is 0 Å². The highest BCUT2D eigenvalue weighted by Gasteiger charge is 2.00. The van der Waals surface area contributed by atoms with Gasteiger partial charge in [-0.1, -0.05) is 56.9 Å². The van der Waals surface area contributed by atoms with E-state index in [9.17, 15) is 9.90 Å². The molecule has 0 aromatic rings. The van der Waals surface area contributed by atoms with Gasteiger partial charge < -0.3 is 10.2 Å². The fourth-order valence-electron chi connectivity index (χ4n) is 1.49. The number of carbonyl (C=O) groups is 1. The number of aliphatic hydroxyl groups excluding tert-OH is 1. The predicted octanol–water partition coefficient (Wildman–Crippen LogP) is 3.29. The molecule has 0 aliphatic heterocycles. The Morgan fingerprint density at radius 3 is 2.53 bits per heavy atom. The number of rotatable bonds is 10. The number of hydrogen-bond donors (Lipinski definition) is 2. The van der Waals surface area contributed by atoms with Crippen LogP contribution in [-0.4, -0.2) is 22.3 Å². The van der Waals surface area contributed by atoms with Crippen molar-refractivity contribution in [1.82, 2.24) is 0 Å². The van der Waals surface area contributed by atoms with E-state index in [1.165, 1.54) is 19.3 Å². The molecule has 3 nitrogen and oxygen atoms in total. The third-order valence-electron chi connectivity index (χ3n) is 2.47. The highest BCUT2D eigenvalue weighted by Crippen LogP contribution is 2.08. The lowest BCUT2D eigenvalue weighted by Crippen LogP contribution is -2.04. The largest absolute Gasteiger partial charge is 0.481 e. The lowest BCUT2D eigenvalue weighted by Gasteiger charge is -2.06. The Hall–Kier alpha value is -1.09. The molecular weight excluding hydrogens is 216 g/mol. The Balaban J connectivity index is 3.48. The SMILES string of the molecule is CCCCCCC(O)CC=CC=CCC(=O)O. The molecule has 0 radical (unpaired) electrons. The maximum absolute atomic E-state index is 10.2. The van der Waals surface area contributed by atoms with Gasteiger partial charge in [0, 0.05) is 0 Å². The van der Waals surface area contributed by atoms with Gasteiger partial charge in [0.1, 0.15) is 0 Å². The molecule has 0 aromatic carbocycles. The molecule has 0 fully saturated rings. The summed E-state index contributed by atoms with van der Waals surface area (Å²) in [5, 5.41) is 18.0. The minimum Gasteiger partial charge on any atom is -0.481 e. The first-order chi connectivity index (χ1) is 8.16. The van der Waals surface area contributed by atoms with Crippen molar-refractivity contribution >= 4 is 5.97 Å². The van der Waals surface area contributed by atoms with Crippen molar-refractivity contribution in [3.63, 3.8) is 0 Å². The van der Waals surface area contributed by atoms with E-state index in [4.69, 9.17) is 5.11 Å². The van der Waals surface area contributed by atoms with E-state index in [1.807, 2.05) is 6.08 Å². The Kier molecular flexibility index (Phi) is 10.7. The van der Waals surface area contributed by atoms with Crippen LogP contribution in [0.15, 0.2) is 24.3 Å². The summed E-state index contributed by atoms with van der Waals surface area (Å²) in [5.74, 6) is -0.828. The van der Waals surface area contributed by atoms with Crippen LogP contribution in [0.1, 0.15) is 51.9 Å². The van der Waals surface area contributed by atoms with Crippen molar-refractivity contribution in [2.75, 3.05) is 0 Å². The molecule has 2 N–H and O–H groups in total. The topological polar surface area (TPSA) is 57.5 Å². The molecule has 0 spiro atoms. The summed E-state index contributed by atoms with van der Waals surface area (Å²) in [6, 6.07) is 0. The third kappa shape index (κ3) is 12.8. The van der Waals surface area contributed by atoms with Crippen LogP contribution < -0.4 is 0 Å². The highest BCUT2D eigenvalue weighted by atomic mass is 16.4. The Labute approximate surface area is 104 Å². The number of hydrogen-bond acceptors (Lipinski definition) is 2. The van der Waals surface area contributed by atoms with E-state index < -0.39 is 5.97 Å². The summed E-state index contributed by atoms with van der Waals surface area (Å²) in [4.78, 5) is 10.2. The number of unbranched alkanes of at least 4 members (excludes halogenated alkanes) is 3. The zero-order chi connectivity index (χ0) is 12.9. The fourth-order valence-corrected chi connectivity index (χ4v) is 1.49. The van der Waals surface area contributed by atoms with Gasteiger partial charge in [0.25, 0.3) is 0 Å². The van der Waals surface area contributed by atoms with Gasteiger partial charge >= 0.3 is 5.97 Å². The number of aliphatic carboxylic acids is 1. The Morgan fingerprint density at radius 1 is 1.18 bits per heavy atom. The quantitative estimate of drug-likeness (QED) is 0.455. The van der Waals surface area contributed by atoms with E-state index in [1.54, 1.807) is 18.2 Å². The second kappa shape index (κ2) is 11.4. The standard InChI is InChI=1S/C14H24O3/c1-2-3-4-7-10-13(15)11-8-5-6-9-12-14(16)17/h5-6,8-9,13,15H,2-4,7,10-12H2,1H3,(H,16,17). The molecule has 0 saturated carbocycles. The summed E-state index contributed by atoms with van der Waals surface area (Å²) in [6.45, 7) is 2.17. The molecule has 0 bridgehead atoms. The molecular formula is C14H24O3. The average molecular weight is 240 g/mol. The van der Waals surface area contributed by atoms with E-state index in [0.717, 1.165) is 12.8 Å². The van der Waals surface area contributed by atoms with Gasteiger partial charge in [0.05, 0.1) is 12.5 Å². The average Bonchev–Trinajstić information content (AvgIpc) is 2.29. The predicted molar refractivity (Wildman–Crippen MR) is 69.9 cm³/mol. The molecule has 0 aromatic heterocycles. The number of carboxylic acid groups (broad SMARTS) is 1. The molecule has 0 aliphatic carbocycles. The Bertz CT molecular complexity index is 244. The van der Waals surface area contributed by atoms with Gasteiger partial charge in [-0.3, -0.25) is 4.79 Å². The van der Waals surface area contributed by atoms with Crippen LogP contribution in [0.5, 0.6) is 0 Å². The second-order valence-corrected chi connectivity index (χ2v) is 4.19. The van der Waals surface area contributed by atoms with Crippen molar-refractivity contribution in [2.45, 2.75) is 58.0 Å². The van der Waals surface area contributed by atoms with E-state index in [0.29, 0.717) is 6.42 Å². The van der Waals surface area contributed by atoms with Crippen LogP contribution in [0.3, 0.4) is 0 Å². The lowest BCUT2D eigenvalue weighted by atomic mass is 10.1. The molecule has 98 valence electrons. The molecule has 0 aliphatic rings. The molecule has 1 unspecified atom stereocenters. The molecule has 0 saturated heterocycles. The van der Waals surface area contributed by atoms with Crippen molar-refractivity contribution < 1.29 is 15.0 Å². The summed E-state index contributed by atoms with van der Waals surface area (Å²) < 4.78 is 0. The normalized spacial score (nSPS) is 13.5. The molecule has 0 rings (SSSR count). The smallest absolute Gasteiger partial charge is 0.307 e. The maximum atomic E-state index is 10.2. The maximum Gasteiger partial charge on any atom is 0.307 e. The van der Waals surface area contributed by atoms with Gasteiger partial charge in [0.2, 0.25) is 0 Å². The van der Waals surface area contributed by atoms with Gasteiger partial charge in [0.15, 0.2) is 0 Å². The van der Waals surface area contributed by atoms with Crippen LogP contribution in [-0.2, 0) is 4.79 Å². The van der Waals surface area contributed by atoms with Crippen LogP contribution in [0, 0.1) is 0 Å². The van der Waals surface area contributed by atoms with Crippen LogP contribution in [0.4, 0.5) is 0 Å². The lowest BCUT2D eigenvalue weighted by molar-refractivity contribution is -0.136. The first-order valence-corrected chi connectivity index (χ1v) is 6.38. The zero-order valence-electron chi connectivity index (χ0n) is 10.6. The summed E-state index contributed by atoms with van der Waals surface area (Å²) in [6.07, 6.45) is 13.0. The minimum atomic E-state index is -0.828. The monoisotopic (exact) mass is 240 g/mol. The van der Waals surface area contributed by atoms with Gasteiger partial charge in [-0.2, -0.15) is 0 Å². The summed E-state index contributed by atoms with van der Waals surface area (Å²) >= 11 is 0. The molecule has 1 atom stereocenters. The van der Waals surface area contributed by atoms with E-state index in [-0.39, 0.29) is 12.5 Å². The second-order valence-electron chi connectivity index (χ2n) is 4.19. The van der Waals surface area contributed by atoms with Crippen LogP contribution in [0.25, 0.3) is 0 Å². The van der Waals surface area contributed by atoms with Crippen molar-refractivity contribution in [3.05, 3.63) is 24.3 Å². The summed E-state index contributed by atoms with van der Waals surface area (Å²) in [5.41, 5.74) is 0. The van der Waals surface area contributed by atoms with E-state index >= 15 is 0 Å². The van der Waals surface area contributed by atoms with Crippen molar-refractivity contribution in [2.24, 2.45) is 0 Å². The third-order valence-corrected chi connectivity index (χ3v) is 2.47. The first kappa shape index (κ1) is 15.9. The molecule has 0 amide bonds. The van der Waals surface area contributed by atoms with Gasteiger partial charge in [-0.05, 0) is 12.8 Å². The van der Waals surface area contributed by atoms with Crippen LogP contribution >= 0.6 is 0 Å². The Morgan fingerprint density at radius 2 is 1.88 bits per heavy atom. The minimum absolute atomic E-state index is 0.0455. The number of carboxylic acids is 1. The summed E-state index contributed by atoms with van der Waals surface area (Å²) in [7, 11) is 0. The van der Waals surface area contributed by atoms with Crippen molar-refractivity contribution in [3.8, 4) is 0 Å². The first-order valence-electron chi connectivity index (χ1n) is 6.38. The van der Waals surface area contributed by atoms with Gasteiger partial charge in [-0.25, -0.2) is 0 Å². The molecule has 0 heterocycles. The molecule has 3 heteroatoms. The fraction of sp³-hybridized carbons (Fsp3) is 0.643. The highest BCUT2D eigenvalue weighted by molar-refractivity contribution is 5.68. The molecule has 17 heavy (non-hydrogen) atoms. The number of allylic oxidation sites excluding steroid dienone is 2. The zero-order valence-corrected chi connectivity index (χ0v) is 10.6. The van der Waals surface area contributed by atoms with Crippen LogP contribution in [0.2, 0.25) is 0 Å². The van der Waals surface area contributed by atoms with E-state index in [2.05, 4.69) is 6.92 Å². The number of aliphatic hydroxyl groups is 1. The van der Waals surface area contributed by atoms with Gasteiger partial charge in [-0.15, -0.1) is 0 Å².